The summed E-state index contributed by atoms with van der Waals surface area (Å²) in [7, 11) is 0. The van der Waals surface area contributed by atoms with E-state index in [2.05, 4.69) is 4.98 Å². The van der Waals surface area contributed by atoms with E-state index in [1.165, 1.54) is 24.4 Å². The van der Waals surface area contributed by atoms with Crippen LogP contribution in [0.4, 0.5) is 14.5 Å². The summed E-state index contributed by atoms with van der Waals surface area (Å²) >= 11 is 0. The first-order valence-corrected chi connectivity index (χ1v) is 4.89. The van der Waals surface area contributed by atoms with E-state index >= 15 is 0 Å². The van der Waals surface area contributed by atoms with Crippen LogP contribution in [0.15, 0.2) is 30.5 Å². The lowest BCUT2D eigenvalue weighted by atomic mass is 10.2. The highest BCUT2D eigenvalue weighted by Gasteiger charge is 2.13. The number of aromatic nitrogens is 1. The first-order chi connectivity index (χ1) is 8.61. The lowest BCUT2D eigenvalue weighted by Crippen LogP contribution is -1.97. The third-order valence-corrected chi connectivity index (χ3v) is 2.12. The molecule has 6 heteroatoms. The second kappa shape index (κ2) is 4.67. The summed E-state index contributed by atoms with van der Waals surface area (Å²) in [5.74, 6) is -2.65. The van der Waals surface area contributed by atoms with Gasteiger partial charge in [-0.2, -0.15) is 9.65 Å². The number of nitriles is 1. The molecule has 1 aromatic carbocycles. The average Bonchev–Trinajstić information content (AvgIpc) is 2.37. The van der Waals surface area contributed by atoms with Crippen LogP contribution in [0.25, 0.3) is 0 Å². The molecule has 0 saturated heterocycles. The number of nitrogens with two attached hydrogens (primary N) is 1. The van der Waals surface area contributed by atoms with Crippen molar-refractivity contribution in [3.63, 3.8) is 0 Å². The summed E-state index contributed by atoms with van der Waals surface area (Å²) in [6, 6.07) is 6.62. The molecule has 0 spiro atoms. The van der Waals surface area contributed by atoms with Gasteiger partial charge in [0.15, 0.2) is 11.6 Å². The number of anilines is 1. The summed E-state index contributed by atoms with van der Waals surface area (Å²) in [4.78, 5) is 3.76. The molecular formula is C12H7F2N3O. The molecule has 0 aliphatic carbocycles. The second-order valence-corrected chi connectivity index (χ2v) is 3.39. The molecule has 0 unspecified atom stereocenters. The number of pyridine rings is 1. The third-order valence-electron chi connectivity index (χ3n) is 2.12. The fraction of sp³-hybridized carbons (Fsp3) is 0. The number of nitrogens with zero attached hydrogens (tertiary/aromatic N) is 2. The molecule has 0 atom stereocenters. The van der Waals surface area contributed by atoms with Gasteiger partial charge in [-0.05, 0) is 18.2 Å². The quantitative estimate of drug-likeness (QED) is 0.885. The first-order valence-electron chi connectivity index (χ1n) is 4.89. The van der Waals surface area contributed by atoms with Crippen molar-refractivity contribution in [3.8, 4) is 17.7 Å². The molecule has 0 fully saturated rings. The average molecular weight is 247 g/mol. The van der Waals surface area contributed by atoms with Crippen molar-refractivity contribution in [1.82, 2.24) is 4.98 Å². The molecule has 2 aromatic rings. The van der Waals surface area contributed by atoms with Crippen LogP contribution < -0.4 is 10.5 Å². The van der Waals surface area contributed by atoms with E-state index in [-0.39, 0.29) is 22.9 Å². The molecule has 0 saturated carbocycles. The Morgan fingerprint density at radius 3 is 2.83 bits per heavy atom. The Bertz CT molecular complexity index is 638. The van der Waals surface area contributed by atoms with E-state index in [0.717, 1.165) is 6.07 Å². The van der Waals surface area contributed by atoms with Gasteiger partial charge in [-0.3, -0.25) is 0 Å². The number of ether oxygens (including phenoxy) is 1. The zero-order chi connectivity index (χ0) is 13.1. The van der Waals surface area contributed by atoms with Gasteiger partial charge in [-0.1, -0.05) is 6.07 Å². The predicted molar refractivity (Wildman–Crippen MR) is 59.8 cm³/mol. The fourth-order valence-electron chi connectivity index (χ4n) is 1.30. The molecule has 2 N–H and O–H groups in total. The third kappa shape index (κ3) is 2.20. The minimum absolute atomic E-state index is 0.0404. The molecule has 18 heavy (non-hydrogen) atoms. The van der Waals surface area contributed by atoms with E-state index in [9.17, 15) is 8.78 Å². The van der Waals surface area contributed by atoms with Gasteiger partial charge in [0.2, 0.25) is 11.7 Å². The lowest BCUT2D eigenvalue weighted by Gasteiger charge is -2.07. The summed E-state index contributed by atoms with van der Waals surface area (Å²) in [6.45, 7) is 0. The second-order valence-electron chi connectivity index (χ2n) is 3.39. The predicted octanol–water partition coefficient (Wildman–Crippen LogP) is 2.61. The van der Waals surface area contributed by atoms with Gasteiger partial charge in [-0.25, -0.2) is 9.37 Å². The Kier molecular flexibility index (Phi) is 3.06. The van der Waals surface area contributed by atoms with Crippen LogP contribution in [0.5, 0.6) is 11.6 Å². The van der Waals surface area contributed by atoms with Crippen LogP contribution in [0, 0.1) is 23.0 Å². The molecule has 0 aliphatic rings. The first kappa shape index (κ1) is 11.8. The molecular weight excluding hydrogens is 240 g/mol. The maximum atomic E-state index is 13.4. The number of hydrogen-bond donors (Lipinski definition) is 1. The van der Waals surface area contributed by atoms with Gasteiger partial charge in [-0.15, -0.1) is 0 Å². The van der Waals surface area contributed by atoms with Crippen LogP contribution in [-0.4, -0.2) is 4.98 Å². The van der Waals surface area contributed by atoms with Gasteiger partial charge in [0.1, 0.15) is 11.6 Å². The number of hydrogen-bond acceptors (Lipinski definition) is 4. The minimum Gasteiger partial charge on any atom is -0.434 e. The smallest absolute Gasteiger partial charge is 0.237 e. The van der Waals surface area contributed by atoms with Gasteiger partial charge in [0.25, 0.3) is 0 Å². The van der Waals surface area contributed by atoms with E-state index < -0.39 is 11.6 Å². The highest BCUT2D eigenvalue weighted by atomic mass is 19.2. The molecule has 90 valence electrons. The maximum absolute atomic E-state index is 13.4. The summed E-state index contributed by atoms with van der Waals surface area (Å²) in [6.07, 6.45) is 1.26. The standard InChI is InChI=1S/C12H7F2N3O/c13-9-2-1-3-10(11(9)14)18-12-7(5-15)4-8(16)6-17-12/h1-4,6H,16H2. The highest BCUT2D eigenvalue weighted by Crippen LogP contribution is 2.27. The normalized spacial score (nSPS) is 9.83. The molecule has 4 nitrogen and oxygen atoms in total. The molecule has 0 radical (unpaired) electrons. The maximum Gasteiger partial charge on any atom is 0.237 e. The van der Waals surface area contributed by atoms with Crippen molar-refractivity contribution in [2.24, 2.45) is 0 Å². The van der Waals surface area contributed by atoms with Crippen molar-refractivity contribution >= 4 is 5.69 Å². The van der Waals surface area contributed by atoms with E-state index in [4.69, 9.17) is 15.7 Å². The van der Waals surface area contributed by atoms with Gasteiger partial charge >= 0.3 is 0 Å². The molecule has 2 rings (SSSR count). The monoisotopic (exact) mass is 247 g/mol. The largest absolute Gasteiger partial charge is 0.434 e. The zero-order valence-electron chi connectivity index (χ0n) is 9.02. The fourth-order valence-corrected chi connectivity index (χ4v) is 1.30. The lowest BCUT2D eigenvalue weighted by molar-refractivity contribution is 0.404. The van der Waals surface area contributed by atoms with Crippen molar-refractivity contribution < 1.29 is 13.5 Å². The number of nitrogen functional groups attached to an aromatic ring is 1. The Morgan fingerprint density at radius 1 is 1.33 bits per heavy atom. The van der Waals surface area contributed by atoms with Crippen molar-refractivity contribution in [3.05, 3.63) is 47.7 Å². The van der Waals surface area contributed by atoms with E-state index in [0.29, 0.717) is 0 Å². The Morgan fingerprint density at radius 2 is 2.11 bits per heavy atom. The van der Waals surface area contributed by atoms with Crippen molar-refractivity contribution in [2.45, 2.75) is 0 Å². The molecule has 0 aliphatic heterocycles. The van der Waals surface area contributed by atoms with E-state index in [1.54, 1.807) is 0 Å². The van der Waals surface area contributed by atoms with Crippen LogP contribution in [0.2, 0.25) is 0 Å². The molecule has 1 aromatic heterocycles. The highest BCUT2D eigenvalue weighted by molar-refractivity contribution is 5.49. The van der Waals surface area contributed by atoms with Crippen LogP contribution >= 0.6 is 0 Å². The Hall–Kier alpha value is -2.68. The van der Waals surface area contributed by atoms with E-state index in [1.807, 2.05) is 6.07 Å². The summed E-state index contributed by atoms with van der Waals surface area (Å²) in [5.41, 5.74) is 5.76. The SMILES string of the molecule is N#Cc1cc(N)cnc1Oc1cccc(F)c1F. The van der Waals surface area contributed by atoms with Crippen molar-refractivity contribution in [2.75, 3.05) is 5.73 Å². The van der Waals surface area contributed by atoms with Crippen LogP contribution in [0.3, 0.4) is 0 Å². The Balaban J connectivity index is 2.41. The van der Waals surface area contributed by atoms with Crippen molar-refractivity contribution in [1.29, 1.82) is 5.26 Å². The molecule has 0 amide bonds. The van der Waals surface area contributed by atoms with Crippen LogP contribution in [0.1, 0.15) is 5.56 Å². The zero-order valence-corrected chi connectivity index (χ0v) is 9.02. The molecule has 1 heterocycles. The number of halogens is 2. The van der Waals surface area contributed by atoms with Gasteiger partial charge < -0.3 is 10.5 Å². The topological polar surface area (TPSA) is 71.9 Å². The van der Waals surface area contributed by atoms with Gasteiger partial charge in [0, 0.05) is 0 Å². The molecule has 0 bridgehead atoms. The minimum atomic E-state index is -1.14. The number of benzene rings is 1. The van der Waals surface area contributed by atoms with Gasteiger partial charge in [0.05, 0.1) is 11.9 Å². The summed E-state index contributed by atoms with van der Waals surface area (Å²) in [5, 5.41) is 8.85. The number of rotatable bonds is 2. The summed E-state index contributed by atoms with van der Waals surface area (Å²) < 4.78 is 31.4. The Labute approximate surface area is 101 Å². The van der Waals surface area contributed by atoms with Crippen LogP contribution in [-0.2, 0) is 0 Å².